The number of carbonyl (C=O) groups excluding carboxylic acids is 1. The molecule has 0 bridgehead atoms. The molecule has 0 spiro atoms. The number of nitrogens with one attached hydrogen (secondary N) is 2. The number of Topliss-reactive ketones (excluding diaryl/α,β-unsaturated/α-hetero) is 1. The third-order valence-electron chi connectivity index (χ3n) is 4.76. The minimum atomic E-state index is -0.585. The third kappa shape index (κ3) is 4.74. The van der Waals surface area contributed by atoms with Crippen LogP contribution in [0.1, 0.15) is 32.5 Å². The number of rotatable bonds is 7. The number of hydrogen-bond donors (Lipinski definition) is 2. The Hall–Kier alpha value is -2.05. The third-order valence-corrected chi connectivity index (χ3v) is 4.76. The first-order chi connectivity index (χ1) is 12.0. The number of H-pyrrole nitrogens is 1. The highest BCUT2D eigenvalue weighted by Crippen LogP contribution is 2.17. The highest BCUT2D eigenvalue weighted by molar-refractivity contribution is 5.88. The molecule has 0 saturated carbocycles. The van der Waals surface area contributed by atoms with E-state index in [1.54, 1.807) is 0 Å². The summed E-state index contributed by atoms with van der Waals surface area (Å²) < 4.78 is 5.38. The number of benzene rings is 1. The van der Waals surface area contributed by atoms with Crippen molar-refractivity contribution >= 4 is 5.78 Å². The summed E-state index contributed by atoms with van der Waals surface area (Å²) in [6, 6.07) is 9.75. The van der Waals surface area contributed by atoms with Crippen LogP contribution >= 0.6 is 0 Å². The number of ether oxygens (including phenoxy) is 1. The van der Waals surface area contributed by atoms with Crippen molar-refractivity contribution in [1.82, 2.24) is 20.5 Å². The van der Waals surface area contributed by atoms with Gasteiger partial charge in [-0.15, -0.1) is 0 Å². The van der Waals surface area contributed by atoms with Crippen molar-refractivity contribution < 1.29 is 9.53 Å². The van der Waals surface area contributed by atoms with E-state index in [4.69, 9.17) is 4.74 Å². The standard InChI is InChI=1S/C19H26N4O2/c1-19(2,20-13-14-8-10-25-11-9-14)16(24)12-17-21-18(23-22-17)15-6-4-3-5-7-15/h3-7,14,20H,8-13H2,1-2H3,(H,21,22,23). The van der Waals surface area contributed by atoms with E-state index >= 15 is 0 Å². The van der Waals surface area contributed by atoms with E-state index in [1.807, 2.05) is 44.2 Å². The van der Waals surface area contributed by atoms with Gasteiger partial charge in [0.1, 0.15) is 5.82 Å². The van der Waals surface area contributed by atoms with Crippen LogP contribution in [0.5, 0.6) is 0 Å². The molecule has 0 unspecified atom stereocenters. The second-order valence-corrected chi connectivity index (χ2v) is 7.13. The van der Waals surface area contributed by atoms with E-state index < -0.39 is 5.54 Å². The quantitative estimate of drug-likeness (QED) is 0.807. The van der Waals surface area contributed by atoms with Gasteiger partial charge in [-0.25, -0.2) is 4.98 Å². The molecule has 1 aliphatic heterocycles. The number of nitrogens with zero attached hydrogens (tertiary/aromatic N) is 2. The average molecular weight is 342 g/mol. The molecule has 0 atom stereocenters. The topological polar surface area (TPSA) is 79.9 Å². The van der Waals surface area contributed by atoms with E-state index in [0.717, 1.165) is 38.2 Å². The fourth-order valence-corrected chi connectivity index (χ4v) is 2.91. The second kappa shape index (κ2) is 7.89. The predicted octanol–water partition coefficient (Wildman–Crippen LogP) is 2.38. The van der Waals surface area contributed by atoms with E-state index in [1.165, 1.54) is 0 Å². The van der Waals surface area contributed by atoms with Crippen molar-refractivity contribution in [3.05, 3.63) is 36.2 Å². The van der Waals surface area contributed by atoms with Gasteiger partial charge in [-0.2, -0.15) is 5.10 Å². The molecular weight excluding hydrogens is 316 g/mol. The first-order valence-electron chi connectivity index (χ1n) is 8.87. The van der Waals surface area contributed by atoms with Gasteiger partial charge in [-0.1, -0.05) is 30.3 Å². The molecule has 1 aromatic heterocycles. The van der Waals surface area contributed by atoms with E-state index in [2.05, 4.69) is 20.5 Å². The Labute approximate surface area is 148 Å². The van der Waals surface area contributed by atoms with Crippen molar-refractivity contribution in [2.45, 2.75) is 38.6 Å². The smallest absolute Gasteiger partial charge is 0.181 e. The van der Waals surface area contributed by atoms with E-state index in [9.17, 15) is 4.79 Å². The zero-order valence-corrected chi connectivity index (χ0v) is 14.9. The highest BCUT2D eigenvalue weighted by Gasteiger charge is 2.29. The fourth-order valence-electron chi connectivity index (χ4n) is 2.91. The normalized spacial score (nSPS) is 16.1. The monoisotopic (exact) mass is 342 g/mol. The van der Waals surface area contributed by atoms with Gasteiger partial charge >= 0.3 is 0 Å². The zero-order chi connectivity index (χ0) is 17.7. The molecule has 0 aliphatic carbocycles. The first kappa shape index (κ1) is 17.8. The van der Waals surface area contributed by atoms with Crippen molar-refractivity contribution in [1.29, 1.82) is 0 Å². The fraction of sp³-hybridized carbons (Fsp3) is 0.526. The Kier molecular flexibility index (Phi) is 5.60. The van der Waals surface area contributed by atoms with Crippen LogP contribution in [0.25, 0.3) is 11.4 Å². The number of aromatic amines is 1. The SMILES string of the molecule is CC(C)(NCC1CCOCC1)C(=O)Cc1nc(-c2ccccc2)n[nH]1. The van der Waals surface area contributed by atoms with Gasteiger partial charge in [0.05, 0.1) is 12.0 Å². The van der Waals surface area contributed by atoms with Gasteiger partial charge < -0.3 is 10.1 Å². The summed E-state index contributed by atoms with van der Waals surface area (Å²) in [6.45, 7) is 6.35. The molecular formula is C19H26N4O2. The Bertz CT molecular complexity index is 690. The summed E-state index contributed by atoms with van der Waals surface area (Å²) in [7, 11) is 0. The van der Waals surface area contributed by atoms with Gasteiger partial charge in [0, 0.05) is 18.8 Å². The van der Waals surface area contributed by atoms with Crippen LogP contribution in [0.2, 0.25) is 0 Å². The van der Waals surface area contributed by atoms with Crippen LogP contribution in [0, 0.1) is 5.92 Å². The van der Waals surface area contributed by atoms with Crippen molar-refractivity contribution in [2.75, 3.05) is 19.8 Å². The number of ketones is 1. The molecule has 1 fully saturated rings. The Morgan fingerprint density at radius 2 is 2.00 bits per heavy atom. The van der Waals surface area contributed by atoms with E-state index in [0.29, 0.717) is 17.6 Å². The molecule has 0 amide bonds. The minimum absolute atomic E-state index is 0.107. The van der Waals surface area contributed by atoms with Crippen LogP contribution in [0.3, 0.4) is 0 Å². The molecule has 134 valence electrons. The van der Waals surface area contributed by atoms with E-state index in [-0.39, 0.29) is 12.2 Å². The first-order valence-corrected chi connectivity index (χ1v) is 8.87. The molecule has 1 saturated heterocycles. The predicted molar refractivity (Wildman–Crippen MR) is 96.2 cm³/mol. The molecule has 1 aliphatic rings. The maximum Gasteiger partial charge on any atom is 0.181 e. The summed E-state index contributed by atoms with van der Waals surface area (Å²) in [4.78, 5) is 17.1. The number of aromatic nitrogens is 3. The summed E-state index contributed by atoms with van der Waals surface area (Å²) in [5.41, 5.74) is 0.354. The summed E-state index contributed by atoms with van der Waals surface area (Å²) in [5, 5.41) is 10.5. The molecule has 2 heterocycles. The van der Waals surface area contributed by atoms with Gasteiger partial charge in [0.2, 0.25) is 0 Å². The molecule has 0 radical (unpaired) electrons. The lowest BCUT2D eigenvalue weighted by Crippen LogP contribution is -2.49. The van der Waals surface area contributed by atoms with Crippen LogP contribution in [0.4, 0.5) is 0 Å². The number of carbonyl (C=O) groups is 1. The maximum atomic E-state index is 12.7. The summed E-state index contributed by atoms with van der Waals surface area (Å²) >= 11 is 0. The molecule has 6 nitrogen and oxygen atoms in total. The van der Waals surface area contributed by atoms with Crippen molar-refractivity contribution in [3.63, 3.8) is 0 Å². The largest absolute Gasteiger partial charge is 0.381 e. The molecule has 3 rings (SSSR count). The second-order valence-electron chi connectivity index (χ2n) is 7.13. The van der Waals surface area contributed by atoms with Crippen LogP contribution < -0.4 is 5.32 Å². The maximum absolute atomic E-state index is 12.7. The molecule has 25 heavy (non-hydrogen) atoms. The zero-order valence-electron chi connectivity index (χ0n) is 14.9. The Morgan fingerprint density at radius 1 is 1.28 bits per heavy atom. The van der Waals surface area contributed by atoms with Gasteiger partial charge in [0.25, 0.3) is 0 Å². The Morgan fingerprint density at radius 3 is 2.72 bits per heavy atom. The van der Waals surface area contributed by atoms with Crippen LogP contribution in [-0.2, 0) is 16.0 Å². The Balaban J connectivity index is 1.56. The average Bonchev–Trinajstić information content (AvgIpc) is 3.10. The van der Waals surface area contributed by atoms with Crippen molar-refractivity contribution in [2.24, 2.45) is 5.92 Å². The highest BCUT2D eigenvalue weighted by atomic mass is 16.5. The molecule has 2 N–H and O–H groups in total. The lowest BCUT2D eigenvalue weighted by Gasteiger charge is -2.29. The van der Waals surface area contributed by atoms with Crippen LogP contribution in [0.15, 0.2) is 30.3 Å². The lowest BCUT2D eigenvalue weighted by molar-refractivity contribution is -0.123. The lowest BCUT2D eigenvalue weighted by atomic mass is 9.93. The molecule has 2 aromatic rings. The van der Waals surface area contributed by atoms with Gasteiger partial charge in [0.15, 0.2) is 11.6 Å². The van der Waals surface area contributed by atoms with Gasteiger partial charge in [-0.05, 0) is 39.2 Å². The number of hydrogen-bond acceptors (Lipinski definition) is 5. The van der Waals surface area contributed by atoms with Gasteiger partial charge in [-0.3, -0.25) is 9.89 Å². The summed E-state index contributed by atoms with van der Waals surface area (Å²) in [6.07, 6.45) is 2.35. The van der Waals surface area contributed by atoms with Crippen molar-refractivity contribution in [3.8, 4) is 11.4 Å². The summed E-state index contributed by atoms with van der Waals surface area (Å²) in [5.74, 6) is 1.91. The molecule has 1 aromatic carbocycles. The van der Waals surface area contributed by atoms with Crippen LogP contribution in [-0.4, -0.2) is 46.3 Å². The molecule has 6 heteroatoms. The minimum Gasteiger partial charge on any atom is -0.381 e.